The minimum atomic E-state index is -0.303. The number of amides is 2. The maximum atomic E-state index is 12.9. The normalized spacial score (nSPS) is 13.3. The number of rotatable bonds is 6. The number of anilines is 2. The molecule has 0 aromatic heterocycles. The second-order valence-corrected chi connectivity index (χ2v) is 9.02. The molecule has 0 radical (unpaired) electrons. The fourth-order valence-corrected chi connectivity index (χ4v) is 4.45. The highest BCUT2D eigenvalue weighted by molar-refractivity contribution is 14.1. The van der Waals surface area contributed by atoms with E-state index >= 15 is 0 Å². The summed E-state index contributed by atoms with van der Waals surface area (Å²) in [7, 11) is 0. The number of nitrogens with one attached hydrogen (secondary N) is 3. The van der Waals surface area contributed by atoms with E-state index in [0.717, 1.165) is 35.9 Å². The van der Waals surface area contributed by atoms with Gasteiger partial charge in [0.1, 0.15) is 5.84 Å². The van der Waals surface area contributed by atoms with Crippen LogP contribution in [0.1, 0.15) is 51.1 Å². The molecule has 34 heavy (non-hydrogen) atoms. The average Bonchev–Trinajstić information content (AvgIpc) is 2.89. The summed E-state index contributed by atoms with van der Waals surface area (Å²) in [5.41, 5.74) is 3.98. The number of likely N-dealkylation sites (tertiary alicyclic amines) is 1. The lowest BCUT2D eigenvalue weighted by molar-refractivity contribution is 0.102. The Morgan fingerprint density at radius 3 is 2.12 bits per heavy atom. The van der Waals surface area contributed by atoms with Gasteiger partial charge in [-0.25, -0.2) is 0 Å². The SMILES string of the molecule is N=C(c1ccc(C(=O)Nc2ccccc2C(=O)Nc2ccc(CI)cc2)cc1)N1CCCCC1. The fraction of sp³-hybridized carbons (Fsp3) is 0.222. The summed E-state index contributed by atoms with van der Waals surface area (Å²) in [5.74, 6) is -0.0913. The molecule has 1 aliphatic heterocycles. The van der Waals surface area contributed by atoms with E-state index in [1.165, 1.54) is 12.0 Å². The largest absolute Gasteiger partial charge is 0.357 e. The molecule has 0 bridgehead atoms. The van der Waals surface area contributed by atoms with Gasteiger partial charge in [0.25, 0.3) is 11.8 Å². The Labute approximate surface area is 213 Å². The second kappa shape index (κ2) is 11.3. The summed E-state index contributed by atoms with van der Waals surface area (Å²) in [5, 5.41) is 14.2. The monoisotopic (exact) mass is 566 g/mol. The molecular weight excluding hydrogens is 539 g/mol. The zero-order valence-corrected chi connectivity index (χ0v) is 21.0. The summed E-state index contributed by atoms with van der Waals surface area (Å²) < 4.78 is 0.904. The van der Waals surface area contributed by atoms with E-state index < -0.39 is 0 Å². The van der Waals surface area contributed by atoms with Crippen LogP contribution >= 0.6 is 22.6 Å². The lowest BCUT2D eigenvalue weighted by Crippen LogP contribution is -2.35. The molecule has 0 atom stereocenters. The van der Waals surface area contributed by atoms with E-state index in [4.69, 9.17) is 5.41 Å². The number of amidine groups is 1. The number of piperidine rings is 1. The van der Waals surface area contributed by atoms with Gasteiger partial charge in [-0.3, -0.25) is 15.0 Å². The molecule has 3 aromatic rings. The van der Waals surface area contributed by atoms with Crippen LogP contribution in [0.5, 0.6) is 0 Å². The van der Waals surface area contributed by atoms with Crippen molar-refractivity contribution in [3.05, 3.63) is 95.1 Å². The maximum absolute atomic E-state index is 12.9. The van der Waals surface area contributed by atoms with Gasteiger partial charge in [-0.05, 0) is 61.2 Å². The number of halogens is 1. The van der Waals surface area contributed by atoms with E-state index in [9.17, 15) is 9.59 Å². The van der Waals surface area contributed by atoms with Gasteiger partial charge in [-0.15, -0.1) is 0 Å². The Bertz CT molecular complexity index is 1170. The van der Waals surface area contributed by atoms with Gasteiger partial charge in [0.15, 0.2) is 0 Å². The molecule has 2 amide bonds. The summed E-state index contributed by atoms with van der Waals surface area (Å²) in [6, 6.07) is 21.7. The molecule has 1 saturated heterocycles. The Morgan fingerprint density at radius 1 is 0.794 bits per heavy atom. The third kappa shape index (κ3) is 5.83. The number of benzene rings is 3. The third-order valence-corrected chi connectivity index (χ3v) is 6.76. The van der Waals surface area contributed by atoms with Crippen LogP contribution in [0.25, 0.3) is 0 Å². The van der Waals surface area contributed by atoms with Crippen molar-refractivity contribution in [3.8, 4) is 0 Å². The summed E-state index contributed by atoms with van der Waals surface area (Å²) in [6.07, 6.45) is 3.44. The van der Waals surface area contributed by atoms with Crippen molar-refractivity contribution in [1.82, 2.24) is 4.90 Å². The predicted octanol–water partition coefficient (Wildman–Crippen LogP) is 5.94. The first-order valence-electron chi connectivity index (χ1n) is 11.4. The van der Waals surface area contributed by atoms with Gasteiger partial charge in [0.05, 0.1) is 11.3 Å². The molecule has 3 aromatic carbocycles. The number of para-hydroxylation sites is 1. The van der Waals surface area contributed by atoms with E-state index in [2.05, 4.69) is 38.1 Å². The number of nitrogens with zero attached hydrogens (tertiary/aromatic N) is 1. The summed E-state index contributed by atoms with van der Waals surface area (Å²) in [4.78, 5) is 27.9. The predicted molar refractivity (Wildman–Crippen MR) is 145 cm³/mol. The quantitative estimate of drug-likeness (QED) is 0.150. The summed E-state index contributed by atoms with van der Waals surface area (Å²) >= 11 is 2.29. The van der Waals surface area contributed by atoms with Crippen LogP contribution in [0.3, 0.4) is 0 Å². The second-order valence-electron chi connectivity index (χ2n) is 8.26. The molecule has 4 rings (SSSR count). The lowest BCUT2D eigenvalue weighted by atomic mass is 10.1. The molecule has 0 spiro atoms. The number of carbonyl (C=O) groups is 2. The van der Waals surface area contributed by atoms with Gasteiger partial charge in [0.2, 0.25) is 0 Å². The van der Waals surface area contributed by atoms with Gasteiger partial charge >= 0.3 is 0 Å². The van der Waals surface area contributed by atoms with Crippen molar-refractivity contribution in [2.75, 3.05) is 23.7 Å². The number of hydrogen-bond acceptors (Lipinski definition) is 3. The van der Waals surface area contributed by atoms with Gasteiger partial charge in [0, 0.05) is 34.3 Å². The standard InChI is InChI=1S/C27H27IN4O2/c28-18-19-8-14-22(15-9-19)30-27(34)23-6-2-3-7-24(23)31-26(33)21-12-10-20(11-13-21)25(29)32-16-4-1-5-17-32/h2-3,6-15,29H,1,4-5,16-18H2,(H,30,34)(H,31,33). The van der Waals surface area contributed by atoms with Gasteiger partial charge < -0.3 is 15.5 Å². The molecular formula is C27H27IN4O2. The summed E-state index contributed by atoms with van der Waals surface area (Å²) in [6.45, 7) is 1.81. The first-order valence-corrected chi connectivity index (χ1v) is 12.9. The smallest absolute Gasteiger partial charge is 0.257 e. The van der Waals surface area contributed by atoms with E-state index in [0.29, 0.717) is 28.3 Å². The Balaban J connectivity index is 1.43. The molecule has 1 fully saturated rings. The minimum absolute atomic E-state index is 0.288. The van der Waals surface area contributed by atoms with Crippen LogP contribution in [0.4, 0.5) is 11.4 Å². The highest BCUT2D eigenvalue weighted by atomic mass is 127. The topological polar surface area (TPSA) is 85.3 Å². The Morgan fingerprint density at radius 2 is 1.44 bits per heavy atom. The Hall–Kier alpha value is -3.20. The fourth-order valence-electron chi connectivity index (χ4n) is 3.94. The molecule has 0 saturated carbocycles. The van der Waals surface area contributed by atoms with E-state index in [1.54, 1.807) is 36.4 Å². The number of alkyl halides is 1. The van der Waals surface area contributed by atoms with E-state index in [-0.39, 0.29) is 11.8 Å². The minimum Gasteiger partial charge on any atom is -0.357 e. The van der Waals surface area contributed by atoms with Crippen LogP contribution in [-0.4, -0.2) is 35.6 Å². The maximum Gasteiger partial charge on any atom is 0.257 e. The molecule has 7 heteroatoms. The van der Waals surface area contributed by atoms with Crippen LogP contribution < -0.4 is 10.6 Å². The molecule has 0 unspecified atom stereocenters. The number of hydrogen-bond donors (Lipinski definition) is 3. The molecule has 0 aliphatic carbocycles. The van der Waals surface area contributed by atoms with Crippen molar-refractivity contribution in [3.63, 3.8) is 0 Å². The van der Waals surface area contributed by atoms with Crippen molar-refractivity contribution in [2.24, 2.45) is 0 Å². The zero-order valence-electron chi connectivity index (χ0n) is 18.8. The van der Waals surface area contributed by atoms with Crippen molar-refractivity contribution in [2.45, 2.75) is 23.7 Å². The van der Waals surface area contributed by atoms with E-state index in [1.807, 2.05) is 36.4 Å². The zero-order chi connectivity index (χ0) is 23.9. The van der Waals surface area contributed by atoms with Crippen LogP contribution in [0.2, 0.25) is 0 Å². The highest BCUT2D eigenvalue weighted by Gasteiger charge is 2.17. The molecule has 3 N–H and O–H groups in total. The van der Waals surface area contributed by atoms with Gasteiger partial charge in [-0.1, -0.05) is 59.0 Å². The van der Waals surface area contributed by atoms with Crippen molar-refractivity contribution in [1.29, 1.82) is 5.41 Å². The van der Waals surface area contributed by atoms with Crippen molar-refractivity contribution < 1.29 is 9.59 Å². The first-order chi connectivity index (χ1) is 16.5. The third-order valence-electron chi connectivity index (χ3n) is 5.88. The molecule has 6 nitrogen and oxygen atoms in total. The van der Waals surface area contributed by atoms with Crippen molar-refractivity contribution >= 4 is 51.6 Å². The molecule has 1 heterocycles. The highest BCUT2D eigenvalue weighted by Crippen LogP contribution is 2.20. The van der Waals surface area contributed by atoms with Crippen LogP contribution in [-0.2, 0) is 4.43 Å². The van der Waals surface area contributed by atoms with Crippen LogP contribution in [0, 0.1) is 5.41 Å². The van der Waals surface area contributed by atoms with Gasteiger partial charge in [-0.2, -0.15) is 0 Å². The number of carbonyl (C=O) groups excluding carboxylic acids is 2. The average molecular weight is 566 g/mol. The van der Waals surface area contributed by atoms with Crippen LogP contribution in [0.15, 0.2) is 72.8 Å². The molecule has 1 aliphatic rings. The molecule has 174 valence electrons. The first kappa shape index (κ1) is 23.9. The lowest BCUT2D eigenvalue weighted by Gasteiger charge is -2.29. The Kier molecular flexibility index (Phi) is 7.95.